The van der Waals surface area contributed by atoms with Gasteiger partial charge in [0, 0.05) is 6.04 Å². The van der Waals surface area contributed by atoms with Crippen LogP contribution in [0.15, 0.2) is 27.2 Å². The van der Waals surface area contributed by atoms with Gasteiger partial charge in [0.2, 0.25) is 11.0 Å². The lowest BCUT2D eigenvalue weighted by atomic mass is 10.2. The van der Waals surface area contributed by atoms with Crippen LogP contribution in [-0.4, -0.2) is 27.9 Å². The SMILES string of the molecule is O=C(CSc1nnc(NCc2ccco2)s1)NC1CCCC1. The molecule has 1 fully saturated rings. The van der Waals surface area contributed by atoms with Crippen LogP contribution >= 0.6 is 23.1 Å². The predicted molar refractivity (Wildman–Crippen MR) is 87.1 cm³/mol. The Morgan fingerprint density at radius 1 is 1.41 bits per heavy atom. The van der Waals surface area contributed by atoms with Crippen molar-refractivity contribution in [2.75, 3.05) is 11.1 Å². The molecule has 0 atom stereocenters. The van der Waals surface area contributed by atoms with Crippen LogP contribution in [0, 0.1) is 0 Å². The molecule has 6 nitrogen and oxygen atoms in total. The smallest absolute Gasteiger partial charge is 0.230 e. The van der Waals surface area contributed by atoms with Crippen LogP contribution in [0.3, 0.4) is 0 Å². The Balaban J connectivity index is 1.40. The molecule has 1 aliphatic carbocycles. The van der Waals surface area contributed by atoms with E-state index in [0.717, 1.165) is 28.1 Å². The van der Waals surface area contributed by atoms with Gasteiger partial charge >= 0.3 is 0 Å². The van der Waals surface area contributed by atoms with E-state index < -0.39 is 0 Å². The lowest BCUT2D eigenvalue weighted by Crippen LogP contribution is -2.33. The minimum absolute atomic E-state index is 0.0807. The molecule has 1 saturated carbocycles. The molecule has 1 amide bonds. The summed E-state index contributed by atoms with van der Waals surface area (Å²) in [4.78, 5) is 11.9. The Bertz CT molecular complexity index is 594. The highest BCUT2D eigenvalue weighted by Crippen LogP contribution is 2.26. The Morgan fingerprint density at radius 3 is 3.05 bits per heavy atom. The van der Waals surface area contributed by atoms with Gasteiger partial charge < -0.3 is 15.1 Å². The lowest BCUT2D eigenvalue weighted by Gasteiger charge is -2.10. The average molecular weight is 338 g/mol. The summed E-state index contributed by atoms with van der Waals surface area (Å²) in [5, 5.41) is 15.1. The quantitative estimate of drug-likeness (QED) is 0.756. The monoisotopic (exact) mass is 338 g/mol. The molecule has 8 heteroatoms. The van der Waals surface area contributed by atoms with E-state index in [1.165, 1.54) is 35.9 Å². The third kappa shape index (κ3) is 4.48. The molecule has 118 valence electrons. The second-order valence-corrected chi connectivity index (χ2v) is 7.34. The molecule has 0 aliphatic heterocycles. The Hall–Kier alpha value is -1.54. The summed E-state index contributed by atoms with van der Waals surface area (Å²) < 4.78 is 6.03. The maximum atomic E-state index is 11.9. The van der Waals surface area contributed by atoms with Gasteiger partial charge in [0.05, 0.1) is 18.6 Å². The van der Waals surface area contributed by atoms with Crippen molar-refractivity contribution in [1.29, 1.82) is 0 Å². The summed E-state index contributed by atoms with van der Waals surface area (Å²) in [6, 6.07) is 4.12. The molecule has 0 aromatic carbocycles. The zero-order valence-corrected chi connectivity index (χ0v) is 13.7. The van der Waals surface area contributed by atoms with E-state index in [9.17, 15) is 4.79 Å². The van der Waals surface area contributed by atoms with Crippen LogP contribution in [0.1, 0.15) is 31.4 Å². The number of nitrogens with zero attached hydrogens (tertiary/aromatic N) is 2. The molecule has 0 bridgehead atoms. The van der Waals surface area contributed by atoms with Gasteiger partial charge in [-0.2, -0.15) is 0 Å². The molecule has 1 aliphatic rings. The first kappa shape index (κ1) is 15.4. The number of thioether (sulfide) groups is 1. The first-order valence-electron chi connectivity index (χ1n) is 7.31. The number of anilines is 1. The molecule has 2 aromatic rings. The molecule has 3 rings (SSSR count). The van der Waals surface area contributed by atoms with Crippen molar-refractivity contribution in [3.05, 3.63) is 24.2 Å². The number of rotatable bonds is 7. The molecule has 2 N–H and O–H groups in total. The highest BCUT2D eigenvalue weighted by molar-refractivity contribution is 8.01. The number of hydrogen-bond acceptors (Lipinski definition) is 7. The maximum Gasteiger partial charge on any atom is 0.230 e. The molecule has 22 heavy (non-hydrogen) atoms. The fourth-order valence-corrected chi connectivity index (χ4v) is 3.94. The van der Waals surface area contributed by atoms with Crippen molar-refractivity contribution in [1.82, 2.24) is 15.5 Å². The van der Waals surface area contributed by atoms with Crippen molar-refractivity contribution >= 4 is 34.1 Å². The van der Waals surface area contributed by atoms with Crippen LogP contribution in [0.25, 0.3) is 0 Å². The fraction of sp³-hybridized carbons (Fsp3) is 0.500. The Labute approximate surface area is 137 Å². The third-order valence-electron chi connectivity index (χ3n) is 3.45. The Morgan fingerprint density at radius 2 is 2.27 bits per heavy atom. The first-order valence-corrected chi connectivity index (χ1v) is 9.12. The third-order valence-corrected chi connectivity index (χ3v) is 5.46. The van der Waals surface area contributed by atoms with E-state index in [4.69, 9.17) is 4.42 Å². The molecule has 0 radical (unpaired) electrons. The number of carbonyl (C=O) groups excluding carboxylic acids is 1. The number of aromatic nitrogens is 2. The van der Waals surface area contributed by atoms with Gasteiger partial charge in [0.15, 0.2) is 4.34 Å². The number of furan rings is 1. The van der Waals surface area contributed by atoms with E-state index >= 15 is 0 Å². The molecular weight excluding hydrogens is 320 g/mol. The minimum atomic E-state index is 0.0807. The van der Waals surface area contributed by atoms with Crippen LogP contribution in [0.5, 0.6) is 0 Å². The average Bonchev–Trinajstić information content (AvgIpc) is 3.25. The van der Waals surface area contributed by atoms with E-state index in [-0.39, 0.29) is 5.91 Å². The zero-order valence-electron chi connectivity index (χ0n) is 12.1. The normalized spacial score (nSPS) is 15.1. The zero-order chi connectivity index (χ0) is 15.2. The summed E-state index contributed by atoms with van der Waals surface area (Å²) in [5.74, 6) is 1.32. The highest BCUT2D eigenvalue weighted by Gasteiger charge is 2.17. The molecule has 2 aromatic heterocycles. The molecular formula is C14H18N4O2S2. The van der Waals surface area contributed by atoms with Gasteiger partial charge in [0.1, 0.15) is 5.76 Å². The second kappa shape index (κ2) is 7.64. The lowest BCUT2D eigenvalue weighted by molar-refractivity contribution is -0.119. The fourth-order valence-electron chi connectivity index (χ4n) is 2.38. The first-order chi connectivity index (χ1) is 10.8. The van der Waals surface area contributed by atoms with Crippen molar-refractivity contribution in [3.8, 4) is 0 Å². The second-order valence-electron chi connectivity index (χ2n) is 5.14. The molecule has 0 saturated heterocycles. The number of carbonyl (C=O) groups is 1. The van der Waals surface area contributed by atoms with Crippen molar-refractivity contribution in [2.24, 2.45) is 0 Å². The molecule has 0 spiro atoms. The minimum Gasteiger partial charge on any atom is -0.467 e. The van der Waals surface area contributed by atoms with Gasteiger partial charge in [-0.1, -0.05) is 35.9 Å². The predicted octanol–water partition coefficient (Wildman–Crippen LogP) is 2.89. The molecule has 0 unspecified atom stereocenters. The summed E-state index contributed by atoms with van der Waals surface area (Å²) in [6.07, 6.45) is 6.30. The van der Waals surface area contributed by atoms with E-state index in [0.29, 0.717) is 18.3 Å². The van der Waals surface area contributed by atoms with E-state index in [1.54, 1.807) is 6.26 Å². The maximum absolute atomic E-state index is 11.9. The van der Waals surface area contributed by atoms with Crippen LogP contribution in [-0.2, 0) is 11.3 Å². The highest BCUT2D eigenvalue weighted by atomic mass is 32.2. The van der Waals surface area contributed by atoms with E-state index in [1.807, 2.05) is 12.1 Å². The van der Waals surface area contributed by atoms with Crippen molar-refractivity contribution in [2.45, 2.75) is 42.6 Å². The topological polar surface area (TPSA) is 80.1 Å². The van der Waals surface area contributed by atoms with E-state index in [2.05, 4.69) is 20.8 Å². The van der Waals surface area contributed by atoms with Crippen LogP contribution in [0.2, 0.25) is 0 Å². The standard InChI is InChI=1S/C14H18N4O2S2/c19-12(16-10-4-1-2-5-10)9-21-14-18-17-13(22-14)15-8-11-6-3-7-20-11/h3,6-7,10H,1-2,4-5,8-9H2,(H,15,17)(H,16,19). The van der Waals surface area contributed by atoms with Crippen molar-refractivity contribution in [3.63, 3.8) is 0 Å². The summed E-state index contributed by atoms with van der Waals surface area (Å²) in [5.41, 5.74) is 0. The van der Waals surface area contributed by atoms with Crippen LogP contribution in [0.4, 0.5) is 5.13 Å². The summed E-state index contributed by atoms with van der Waals surface area (Å²) >= 11 is 2.87. The Kier molecular flexibility index (Phi) is 5.33. The van der Waals surface area contributed by atoms with Crippen LogP contribution < -0.4 is 10.6 Å². The van der Waals surface area contributed by atoms with Gasteiger partial charge in [-0.15, -0.1) is 10.2 Å². The van der Waals surface area contributed by atoms with Gasteiger partial charge in [0.25, 0.3) is 0 Å². The summed E-state index contributed by atoms with van der Waals surface area (Å²) in [7, 11) is 0. The summed E-state index contributed by atoms with van der Waals surface area (Å²) in [6.45, 7) is 0.578. The van der Waals surface area contributed by atoms with Gasteiger partial charge in [-0.05, 0) is 25.0 Å². The van der Waals surface area contributed by atoms with Crippen molar-refractivity contribution < 1.29 is 9.21 Å². The largest absolute Gasteiger partial charge is 0.467 e. The number of nitrogens with one attached hydrogen (secondary N) is 2. The number of hydrogen-bond donors (Lipinski definition) is 2. The van der Waals surface area contributed by atoms with Gasteiger partial charge in [-0.25, -0.2) is 0 Å². The van der Waals surface area contributed by atoms with Gasteiger partial charge in [-0.3, -0.25) is 4.79 Å². The number of amides is 1. The molecule has 2 heterocycles.